The molecule has 0 unspecified atom stereocenters. The lowest BCUT2D eigenvalue weighted by Gasteiger charge is -2.43. The number of aliphatic hydroxyl groups is 1. The Morgan fingerprint density at radius 1 is 1.14 bits per heavy atom. The second-order valence-electron chi connectivity index (χ2n) is 6.91. The number of carbonyl (C=O) groups is 3. The third-order valence-electron chi connectivity index (χ3n) is 4.74. The fourth-order valence-corrected chi connectivity index (χ4v) is 3.57. The van der Waals surface area contributed by atoms with Crippen molar-refractivity contribution in [2.75, 3.05) is 13.2 Å². The van der Waals surface area contributed by atoms with E-state index in [2.05, 4.69) is 13.2 Å². The first kappa shape index (κ1) is 21.4. The maximum Gasteiger partial charge on any atom is 0.317 e. The minimum absolute atomic E-state index is 0.0192. The van der Waals surface area contributed by atoms with Gasteiger partial charge in [0.1, 0.15) is 24.9 Å². The van der Waals surface area contributed by atoms with Crippen molar-refractivity contribution in [1.82, 2.24) is 0 Å². The fraction of sp³-hybridized carbons (Fsp3) is 0.381. The highest BCUT2D eigenvalue weighted by Crippen LogP contribution is 2.46. The number of ether oxygens (including phenoxy) is 2. The molecule has 1 aromatic rings. The molecule has 2 rings (SSSR count). The van der Waals surface area contributed by atoms with Crippen LogP contribution in [0.5, 0.6) is 5.75 Å². The number of benzene rings is 1. The Bertz CT molecular complexity index is 763. The first-order chi connectivity index (χ1) is 13.2. The number of phenols is 1. The summed E-state index contributed by atoms with van der Waals surface area (Å²) >= 11 is 0. The largest absolute Gasteiger partial charge is 0.508 e. The number of esters is 2. The molecule has 7 heteroatoms. The van der Waals surface area contributed by atoms with Crippen LogP contribution < -0.4 is 0 Å². The molecule has 4 atom stereocenters. The van der Waals surface area contributed by atoms with Gasteiger partial charge in [0.05, 0.1) is 11.5 Å². The molecule has 2 N–H and O–H groups in total. The minimum atomic E-state index is -1.73. The standard InChI is InChI=1S/C21H24O7/c1-4-10-27-19(24)17-15(23)12-21(3,26)18(20(25)28-11-5-2)16(17)13-6-8-14(22)9-7-13/h4-9,16-18,22,26H,1-2,10-12H2,3H3/t16-,17+,18+,21-/m0/s1. The Kier molecular flexibility index (Phi) is 6.75. The molecule has 1 aromatic carbocycles. The molecule has 1 fully saturated rings. The van der Waals surface area contributed by atoms with Crippen LogP contribution in [0.3, 0.4) is 0 Å². The van der Waals surface area contributed by atoms with Crippen LogP contribution >= 0.6 is 0 Å². The number of Topliss-reactive ketones (excluding diaryl/α,β-unsaturated/α-hetero) is 1. The van der Waals surface area contributed by atoms with Crippen molar-refractivity contribution in [3.05, 3.63) is 55.1 Å². The molecule has 1 saturated carbocycles. The summed E-state index contributed by atoms with van der Waals surface area (Å²) in [5, 5.41) is 20.4. The predicted octanol–water partition coefficient (Wildman–Crippen LogP) is 1.89. The molecule has 0 aromatic heterocycles. The van der Waals surface area contributed by atoms with Gasteiger partial charge in [-0.25, -0.2) is 0 Å². The van der Waals surface area contributed by atoms with E-state index in [1.807, 2.05) is 0 Å². The van der Waals surface area contributed by atoms with Crippen molar-refractivity contribution in [1.29, 1.82) is 0 Å². The van der Waals surface area contributed by atoms with Gasteiger partial charge in [0.15, 0.2) is 5.78 Å². The van der Waals surface area contributed by atoms with Crippen LogP contribution in [-0.2, 0) is 23.9 Å². The van der Waals surface area contributed by atoms with E-state index in [1.165, 1.54) is 43.3 Å². The highest BCUT2D eigenvalue weighted by Gasteiger charge is 2.57. The molecule has 0 saturated heterocycles. The van der Waals surface area contributed by atoms with Crippen molar-refractivity contribution >= 4 is 17.7 Å². The van der Waals surface area contributed by atoms with Gasteiger partial charge in [-0.3, -0.25) is 14.4 Å². The predicted molar refractivity (Wildman–Crippen MR) is 100 cm³/mol. The summed E-state index contributed by atoms with van der Waals surface area (Å²) in [6.07, 6.45) is 2.35. The normalized spacial score (nSPS) is 26.9. The zero-order valence-electron chi connectivity index (χ0n) is 15.7. The first-order valence-electron chi connectivity index (χ1n) is 8.82. The number of aromatic hydroxyl groups is 1. The van der Waals surface area contributed by atoms with E-state index in [0.717, 1.165) is 0 Å². The number of hydrogen-bond acceptors (Lipinski definition) is 7. The molecule has 0 spiro atoms. The van der Waals surface area contributed by atoms with E-state index < -0.39 is 47.5 Å². The molecule has 28 heavy (non-hydrogen) atoms. The molecule has 0 radical (unpaired) electrons. The summed E-state index contributed by atoms with van der Waals surface area (Å²) in [6, 6.07) is 5.75. The van der Waals surface area contributed by atoms with Gasteiger partial charge in [0.25, 0.3) is 0 Å². The molecule has 0 amide bonds. The molecule has 1 aliphatic rings. The van der Waals surface area contributed by atoms with Crippen LogP contribution in [0.2, 0.25) is 0 Å². The lowest BCUT2D eigenvalue weighted by molar-refractivity contribution is -0.171. The highest BCUT2D eigenvalue weighted by molar-refractivity contribution is 6.02. The van der Waals surface area contributed by atoms with Crippen molar-refractivity contribution in [2.45, 2.75) is 24.9 Å². The monoisotopic (exact) mass is 388 g/mol. The number of hydrogen-bond donors (Lipinski definition) is 2. The lowest BCUT2D eigenvalue weighted by Crippen LogP contribution is -2.55. The zero-order chi connectivity index (χ0) is 20.9. The molecule has 0 aliphatic heterocycles. The Morgan fingerprint density at radius 3 is 2.21 bits per heavy atom. The molecule has 7 nitrogen and oxygen atoms in total. The molecule has 0 bridgehead atoms. The summed E-state index contributed by atoms with van der Waals surface area (Å²) < 4.78 is 10.2. The topological polar surface area (TPSA) is 110 Å². The summed E-state index contributed by atoms with van der Waals surface area (Å²) in [5.74, 6) is -5.63. The summed E-state index contributed by atoms with van der Waals surface area (Å²) in [7, 11) is 0. The Morgan fingerprint density at radius 2 is 1.68 bits per heavy atom. The van der Waals surface area contributed by atoms with Crippen molar-refractivity contribution in [3.63, 3.8) is 0 Å². The zero-order valence-corrected chi connectivity index (χ0v) is 15.7. The van der Waals surface area contributed by atoms with E-state index >= 15 is 0 Å². The van der Waals surface area contributed by atoms with Gasteiger partial charge in [-0.2, -0.15) is 0 Å². The van der Waals surface area contributed by atoms with E-state index in [0.29, 0.717) is 5.56 Å². The van der Waals surface area contributed by atoms with E-state index in [1.54, 1.807) is 0 Å². The van der Waals surface area contributed by atoms with Gasteiger partial charge < -0.3 is 19.7 Å². The van der Waals surface area contributed by atoms with Crippen LogP contribution in [0.4, 0.5) is 0 Å². The second-order valence-corrected chi connectivity index (χ2v) is 6.91. The van der Waals surface area contributed by atoms with Crippen LogP contribution in [0.25, 0.3) is 0 Å². The van der Waals surface area contributed by atoms with E-state index in [9.17, 15) is 24.6 Å². The molecular formula is C21H24O7. The Hall–Kier alpha value is -2.93. The number of ketones is 1. The molecular weight excluding hydrogens is 364 g/mol. The van der Waals surface area contributed by atoms with E-state index in [-0.39, 0.29) is 19.0 Å². The Labute approximate surface area is 163 Å². The molecule has 0 heterocycles. The quantitative estimate of drug-likeness (QED) is 0.417. The summed E-state index contributed by atoms with van der Waals surface area (Å²) in [6.45, 7) is 8.15. The average Bonchev–Trinajstić information content (AvgIpc) is 2.63. The minimum Gasteiger partial charge on any atom is -0.508 e. The van der Waals surface area contributed by atoms with Gasteiger partial charge >= 0.3 is 11.9 Å². The van der Waals surface area contributed by atoms with Gasteiger partial charge in [0.2, 0.25) is 0 Å². The number of phenolic OH excluding ortho intramolecular Hbond substituents is 1. The Balaban J connectivity index is 2.56. The van der Waals surface area contributed by atoms with Crippen molar-refractivity contribution in [3.8, 4) is 5.75 Å². The van der Waals surface area contributed by atoms with Crippen LogP contribution in [0.1, 0.15) is 24.8 Å². The fourth-order valence-electron chi connectivity index (χ4n) is 3.57. The average molecular weight is 388 g/mol. The van der Waals surface area contributed by atoms with Gasteiger partial charge in [0, 0.05) is 12.3 Å². The number of rotatable bonds is 7. The smallest absolute Gasteiger partial charge is 0.317 e. The summed E-state index contributed by atoms with van der Waals surface area (Å²) in [5.41, 5.74) is -1.31. The number of carbonyl (C=O) groups excluding carboxylic acids is 3. The van der Waals surface area contributed by atoms with Crippen molar-refractivity contribution in [2.24, 2.45) is 11.8 Å². The summed E-state index contributed by atoms with van der Waals surface area (Å²) in [4.78, 5) is 38.1. The van der Waals surface area contributed by atoms with Crippen LogP contribution in [0.15, 0.2) is 49.6 Å². The maximum atomic E-state index is 12.8. The maximum absolute atomic E-state index is 12.8. The first-order valence-corrected chi connectivity index (χ1v) is 8.82. The molecule has 150 valence electrons. The van der Waals surface area contributed by atoms with Crippen molar-refractivity contribution < 1.29 is 34.1 Å². The highest BCUT2D eigenvalue weighted by atomic mass is 16.5. The third-order valence-corrected chi connectivity index (χ3v) is 4.74. The lowest BCUT2D eigenvalue weighted by atomic mass is 9.61. The van der Waals surface area contributed by atoms with Gasteiger partial charge in [-0.05, 0) is 24.6 Å². The van der Waals surface area contributed by atoms with Crippen LogP contribution in [-0.4, -0.2) is 46.7 Å². The second kappa shape index (κ2) is 8.84. The van der Waals surface area contributed by atoms with E-state index in [4.69, 9.17) is 9.47 Å². The van der Waals surface area contributed by atoms with Gasteiger partial charge in [-0.1, -0.05) is 37.4 Å². The SMILES string of the molecule is C=CCOC(=O)[C@@H]1C(=O)C[C@](C)(O)[C@@H](C(=O)OCC=C)[C@H]1c1ccc(O)cc1. The van der Waals surface area contributed by atoms with Crippen LogP contribution in [0, 0.1) is 11.8 Å². The third kappa shape index (κ3) is 4.48. The molecule has 1 aliphatic carbocycles. The van der Waals surface area contributed by atoms with Gasteiger partial charge in [-0.15, -0.1) is 0 Å².